The summed E-state index contributed by atoms with van der Waals surface area (Å²) in [5.74, 6) is 1.86. The topological polar surface area (TPSA) is 60.7 Å². The van der Waals surface area contributed by atoms with E-state index in [9.17, 15) is 4.79 Å². The molecule has 1 aromatic heterocycles. The second kappa shape index (κ2) is 8.06. The van der Waals surface area contributed by atoms with Gasteiger partial charge < -0.3 is 19.2 Å². The van der Waals surface area contributed by atoms with Gasteiger partial charge in [-0.15, -0.1) is 0 Å². The quantitative estimate of drug-likeness (QED) is 0.791. The summed E-state index contributed by atoms with van der Waals surface area (Å²) in [6.07, 6.45) is 3.23. The largest absolute Gasteiger partial charge is 0.495 e. The van der Waals surface area contributed by atoms with Crippen LogP contribution in [-0.4, -0.2) is 26.2 Å². The zero-order valence-electron chi connectivity index (χ0n) is 13.4. The Morgan fingerprint density at radius 3 is 2.48 bits per heavy atom. The molecule has 0 saturated heterocycles. The van der Waals surface area contributed by atoms with Gasteiger partial charge in [0.1, 0.15) is 21.7 Å². The fourth-order valence-electron chi connectivity index (χ4n) is 2.19. The van der Waals surface area contributed by atoms with Crippen molar-refractivity contribution < 1.29 is 18.7 Å². The van der Waals surface area contributed by atoms with Crippen molar-refractivity contribution in [2.45, 2.75) is 25.8 Å². The van der Waals surface area contributed by atoms with E-state index >= 15 is 0 Å². The van der Waals surface area contributed by atoms with Crippen molar-refractivity contribution in [3.05, 3.63) is 46.3 Å². The minimum absolute atomic E-state index is 0.0215. The number of amides is 1. The first kappa shape index (κ1) is 17.4. The number of halogens is 1. The average molecular weight is 382 g/mol. The minimum Gasteiger partial charge on any atom is -0.495 e. The third-order valence-electron chi connectivity index (χ3n) is 3.49. The number of carbonyl (C=O) groups excluding carboxylic acids is 1. The highest BCUT2D eigenvalue weighted by Crippen LogP contribution is 2.35. The monoisotopic (exact) mass is 381 g/mol. The molecule has 0 radical (unpaired) electrons. The molecule has 124 valence electrons. The Labute approximate surface area is 144 Å². The predicted molar refractivity (Wildman–Crippen MR) is 91.2 cm³/mol. The Bertz CT molecular complexity index is 630. The van der Waals surface area contributed by atoms with Crippen LogP contribution in [0.15, 0.2) is 39.4 Å². The minimum atomic E-state index is -0.166. The van der Waals surface area contributed by atoms with E-state index in [0.29, 0.717) is 21.5 Å². The summed E-state index contributed by atoms with van der Waals surface area (Å²) < 4.78 is 16.5. The van der Waals surface area contributed by atoms with Crippen LogP contribution in [0.3, 0.4) is 0 Å². The van der Waals surface area contributed by atoms with Crippen molar-refractivity contribution in [1.29, 1.82) is 0 Å². The van der Waals surface area contributed by atoms with Crippen LogP contribution < -0.4 is 14.8 Å². The molecule has 6 heteroatoms. The lowest BCUT2D eigenvalue weighted by molar-refractivity contribution is 0.0937. The number of hydrogen-bond donors (Lipinski definition) is 1. The zero-order valence-corrected chi connectivity index (χ0v) is 15.0. The van der Waals surface area contributed by atoms with Gasteiger partial charge in [-0.2, -0.15) is 0 Å². The lowest BCUT2D eigenvalue weighted by Gasteiger charge is -2.15. The second-order valence-corrected chi connectivity index (χ2v) is 5.98. The van der Waals surface area contributed by atoms with Gasteiger partial charge >= 0.3 is 0 Å². The molecule has 23 heavy (non-hydrogen) atoms. The molecule has 0 aliphatic rings. The Balaban J connectivity index is 2.02. The number of furan rings is 1. The molecular formula is C17H20BrNO4. The molecule has 1 aromatic carbocycles. The highest BCUT2D eigenvalue weighted by atomic mass is 79.9. The van der Waals surface area contributed by atoms with Gasteiger partial charge in [0.15, 0.2) is 0 Å². The van der Waals surface area contributed by atoms with Crippen molar-refractivity contribution >= 4 is 21.8 Å². The molecule has 1 unspecified atom stereocenters. The summed E-state index contributed by atoms with van der Waals surface area (Å²) in [5, 5.41) is 2.97. The van der Waals surface area contributed by atoms with Gasteiger partial charge in [0.2, 0.25) is 0 Å². The Kier molecular flexibility index (Phi) is 6.10. The van der Waals surface area contributed by atoms with Gasteiger partial charge in [0, 0.05) is 18.0 Å². The Morgan fingerprint density at radius 2 is 1.96 bits per heavy atom. The number of ether oxygens (including phenoxy) is 2. The summed E-state index contributed by atoms with van der Waals surface area (Å²) in [6.45, 7) is 1.97. The molecule has 1 atom stereocenters. The van der Waals surface area contributed by atoms with E-state index in [1.54, 1.807) is 32.6 Å². The van der Waals surface area contributed by atoms with E-state index in [0.717, 1.165) is 18.6 Å². The van der Waals surface area contributed by atoms with Gasteiger partial charge in [-0.05, 0) is 53.5 Å². The maximum absolute atomic E-state index is 12.4. The van der Waals surface area contributed by atoms with Crippen molar-refractivity contribution in [2.75, 3.05) is 14.2 Å². The van der Waals surface area contributed by atoms with Crippen LogP contribution in [0, 0.1) is 0 Å². The van der Waals surface area contributed by atoms with E-state index in [-0.39, 0.29) is 11.9 Å². The third kappa shape index (κ3) is 4.51. The van der Waals surface area contributed by atoms with Crippen LogP contribution >= 0.6 is 15.9 Å². The summed E-state index contributed by atoms with van der Waals surface area (Å²) in [6, 6.07) is 7.17. The Hall–Kier alpha value is -1.95. The molecule has 1 amide bonds. The highest BCUT2D eigenvalue weighted by molar-refractivity contribution is 9.10. The number of nitrogens with one attached hydrogen (secondary N) is 1. The molecule has 0 aliphatic heterocycles. The standard InChI is InChI=1S/C17H20BrNO4/c1-11(6-7-13-5-4-8-23-13)19-17(20)12-9-14(21-2)16(18)15(10-12)22-3/h4-5,8-11H,6-7H2,1-3H3,(H,19,20). The number of aryl methyl sites for hydroxylation is 1. The number of rotatable bonds is 7. The first-order chi connectivity index (χ1) is 11.0. The van der Waals surface area contributed by atoms with Gasteiger partial charge in [-0.3, -0.25) is 4.79 Å². The number of carbonyl (C=O) groups is 1. The normalized spacial score (nSPS) is 11.8. The number of hydrogen-bond acceptors (Lipinski definition) is 4. The van der Waals surface area contributed by atoms with E-state index < -0.39 is 0 Å². The van der Waals surface area contributed by atoms with Gasteiger partial charge in [-0.1, -0.05) is 0 Å². The lowest BCUT2D eigenvalue weighted by Crippen LogP contribution is -2.32. The SMILES string of the molecule is COc1cc(C(=O)NC(C)CCc2ccco2)cc(OC)c1Br. The number of benzene rings is 1. The van der Waals surface area contributed by atoms with Crippen LogP contribution in [0.25, 0.3) is 0 Å². The van der Waals surface area contributed by atoms with Crippen LogP contribution in [0.5, 0.6) is 11.5 Å². The fraction of sp³-hybridized carbons (Fsp3) is 0.353. The summed E-state index contributed by atoms with van der Waals surface area (Å²) in [4.78, 5) is 12.4. The fourth-order valence-corrected chi connectivity index (χ4v) is 2.75. The van der Waals surface area contributed by atoms with E-state index in [1.165, 1.54) is 0 Å². The molecule has 2 rings (SSSR count). The molecule has 2 aromatic rings. The van der Waals surface area contributed by atoms with Crippen molar-refractivity contribution in [3.8, 4) is 11.5 Å². The van der Waals surface area contributed by atoms with Crippen LogP contribution in [0.1, 0.15) is 29.5 Å². The molecule has 0 bridgehead atoms. The first-order valence-corrected chi connectivity index (χ1v) is 8.09. The van der Waals surface area contributed by atoms with Crippen molar-refractivity contribution in [3.63, 3.8) is 0 Å². The van der Waals surface area contributed by atoms with Crippen LogP contribution in [-0.2, 0) is 6.42 Å². The van der Waals surface area contributed by atoms with E-state index in [2.05, 4.69) is 21.2 Å². The molecule has 0 saturated carbocycles. The molecular weight excluding hydrogens is 362 g/mol. The average Bonchev–Trinajstić information content (AvgIpc) is 3.06. The van der Waals surface area contributed by atoms with E-state index in [1.807, 2.05) is 19.1 Å². The van der Waals surface area contributed by atoms with Crippen molar-refractivity contribution in [1.82, 2.24) is 5.32 Å². The maximum Gasteiger partial charge on any atom is 0.251 e. The van der Waals surface area contributed by atoms with Crippen LogP contribution in [0.4, 0.5) is 0 Å². The molecule has 0 spiro atoms. The molecule has 1 heterocycles. The second-order valence-electron chi connectivity index (χ2n) is 5.19. The molecule has 0 aliphatic carbocycles. The van der Waals surface area contributed by atoms with E-state index in [4.69, 9.17) is 13.9 Å². The summed E-state index contributed by atoms with van der Waals surface area (Å²) >= 11 is 3.39. The van der Waals surface area contributed by atoms with Crippen LogP contribution in [0.2, 0.25) is 0 Å². The maximum atomic E-state index is 12.4. The Morgan fingerprint density at radius 1 is 1.30 bits per heavy atom. The smallest absolute Gasteiger partial charge is 0.251 e. The van der Waals surface area contributed by atoms with Crippen molar-refractivity contribution in [2.24, 2.45) is 0 Å². The lowest BCUT2D eigenvalue weighted by atomic mass is 10.1. The summed E-state index contributed by atoms with van der Waals surface area (Å²) in [5.41, 5.74) is 0.492. The van der Waals surface area contributed by atoms with Gasteiger partial charge in [-0.25, -0.2) is 0 Å². The van der Waals surface area contributed by atoms with Gasteiger partial charge in [0.25, 0.3) is 5.91 Å². The zero-order chi connectivity index (χ0) is 16.8. The summed E-state index contributed by atoms with van der Waals surface area (Å²) in [7, 11) is 3.10. The number of methoxy groups -OCH3 is 2. The first-order valence-electron chi connectivity index (χ1n) is 7.30. The molecule has 1 N–H and O–H groups in total. The molecule has 0 fully saturated rings. The van der Waals surface area contributed by atoms with Gasteiger partial charge in [0.05, 0.1) is 20.5 Å². The third-order valence-corrected chi connectivity index (χ3v) is 4.27. The highest BCUT2D eigenvalue weighted by Gasteiger charge is 2.16. The predicted octanol–water partition coefficient (Wildman–Crippen LogP) is 3.81. The molecule has 5 nitrogen and oxygen atoms in total.